The van der Waals surface area contributed by atoms with E-state index in [9.17, 15) is 14.4 Å². The zero-order valence-corrected chi connectivity index (χ0v) is 22.1. The molecule has 0 saturated carbocycles. The molecule has 0 atom stereocenters. The van der Waals surface area contributed by atoms with E-state index in [1.54, 1.807) is 12.1 Å². The number of amides is 2. The van der Waals surface area contributed by atoms with Gasteiger partial charge in [-0.05, 0) is 79.1 Å². The van der Waals surface area contributed by atoms with Crippen LogP contribution in [0, 0.1) is 5.41 Å². The number of nitrogens with one attached hydrogen (secondary N) is 1. The van der Waals surface area contributed by atoms with Crippen LogP contribution in [0.3, 0.4) is 0 Å². The van der Waals surface area contributed by atoms with Crippen LogP contribution in [0.1, 0.15) is 72.0 Å². The fourth-order valence-electron chi connectivity index (χ4n) is 5.34. The van der Waals surface area contributed by atoms with Gasteiger partial charge in [0.15, 0.2) is 5.78 Å². The fourth-order valence-corrected chi connectivity index (χ4v) is 6.43. The van der Waals surface area contributed by atoms with E-state index in [-0.39, 0.29) is 28.6 Å². The number of aromatic nitrogens is 2. The molecule has 3 aliphatic rings. The molecule has 1 saturated heterocycles. The molecule has 1 fully saturated rings. The van der Waals surface area contributed by atoms with Gasteiger partial charge in [-0.25, -0.2) is 0 Å². The summed E-state index contributed by atoms with van der Waals surface area (Å²) in [6, 6.07) is 3.58. The van der Waals surface area contributed by atoms with Crippen LogP contribution in [0.5, 0.6) is 0 Å². The SMILES string of the molecule is CC(C)(C)n1nc(Br)c2c1C(=O)CC1(CCN(C(=O)c3cc(Br)c4c(c3)NC(=O)C4)CC1)C2. The first-order valence-corrected chi connectivity index (χ1v) is 12.8. The van der Waals surface area contributed by atoms with Crippen LogP contribution in [0.4, 0.5) is 5.69 Å². The predicted molar refractivity (Wildman–Crippen MR) is 132 cm³/mol. The molecule has 0 bridgehead atoms. The van der Waals surface area contributed by atoms with Crippen LogP contribution in [-0.2, 0) is 23.2 Å². The number of hydrogen-bond acceptors (Lipinski definition) is 4. The number of halogens is 2. The quantitative estimate of drug-likeness (QED) is 0.532. The van der Waals surface area contributed by atoms with Crippen molar-refractivity contribution in [3.8, 4) is 0 Å². The van der Waals surface area contributed by atoms with Crippen molar-refractivity contribution in [2.75, 3.05) is 18.4 Å². The number of carbonyl (C=O) groups is 3. The van der Waals surface area contributed by atoms with E-state index < -0.39 is 0 Å². The number of nitrogens with zero attached hydrogens (tertiary/aromatic N) is 3. The molecule has 9 heteroatoms. The monoisotopic (exact) mass is 576 g/mol. The molecule has 2 aromatic rings. The highest BCUT2D eigenvalue weighted by atomic mass is 79.9. The van der Waals surface area contributed by atoms with Gasteiger partial charge in [-0.1, -0.05) is 15.9 Å². The summed E-state index contributed by atoms with van der Waals surface area (Å²) in [6.07, 6.45) is 3.17. The smallest absolute Gasteiger partial charge is 0.253 e. The number of hydrogen-bond donors (Lipinski definition) is 1. The average molecular weight is 578 g/mol. The van der Waals surface area contributed by atoms with Gasteiger partial charge in [-0.3, -0.25) is 19.1 Å². The van der Waals surface area contributed by atoms with Crippen LogP contribution in [-0.4, -0.2) is 45.4 Å². The third-order valence-electron chi connectivity index (χ3n) is 7.09. The van der Waals surface area contributed by atoms with Gasteiger partial charge in [0, 0.05) is 40.8 Å². The normalized spacial score (nSPS) is 19.5. The predicted octanol–water partition coefficient (Wildman–Crippen LogP) is 4.71. The zero-order valence-electron chi connectivity index (χ0n) is 18.9. The lowest BCUT2D eigenvalue weighted by atomic mass is 9.67. The summed E-state index contributed by atoms with van der Waals surface area (Å²) in [7, 11) is 0. The third kappa shape index (κ3) is 3.87. The molecule has 2 amide bonds. The number of anilines is 1. The highest BCUT2D eigenvalue weighted by Gasteiger charge is 2.45. The van der Waals surface area contributed by atoms with E-state index >= 15 is 0 Å². The van der Waals surface area contributed by atoms with E-state index in [4.69, 9.17) is 0 Å². The molecule has 1 N–H and O–H groups in total. The number of Topliss-reactive ketones (excluding diaryl/α,β-unsaturated/α-hetero) is 1. The Kier molecular flexibility index (Phi) is 5.36. The Labute approximate surface area is 209 Å². The lowest BCUT2D eigenvalue weighted by molar-refractivity contribution is -0.115. The van der Waals surface area contributed by atoms with Crippen molar-refractivity contribution in [2.24, 2.45) is 5.41 Å². The van der Waals surface area contributed by atoms with E-state index in [0.717, 1.165) is 45.2 Å². The van der Waals surface area contributed by atoms with Crippen LogP contribution in [0.25, 0.3) is 0 Å². The maximum atomic E-state index is 13.2. The Bertz CT molecular complexity index is 1200. The summed E-state index contributed by atoms with van der Waals surface area (Å²) < 4.78 is 3.38. The molecule has 3 heterocycles. The summed E-state index contributed by atoms with van der Waals surface area (Å²) in [5, 5.41) is 7.46. The number of benzene rings is 1. The fraction of sp³-hybridized carbons (Fsp3) is 0.500. The second-order valence-corrected chi connectivity index (χ2v) is 12.1. The van der Waals surface area contributed by atoms with Crippen molar-refractivity contribution in [1.29, 1.82) is 0 Å². The molecule has 0 radical (unpaired) electrons. The van der Waals surface area contributed by atoms with E-state index in [1.807, 2.05) is 9.58 Å². The Hall–Kier alpha value is -2.00. The Morgan fingerprint density at radius 1 is 1.09 bits per heavy atom. The van der Waals surface area contributed by atoms with Crippen LogP contribution in [0.15, 0.2) is 21.2 Å². The van der Waals surface area contributed by atoms with Crippen molar-refractivity contribution < 1.29 is 14.4 Å². The molecule has 174 valence electrons. The number of rotatable bonds is 1. The maximum Gasteiger partial charge on any atom is 0.253 e. The topological polar surface area (TPSA) is 84.3 Å². The van der Waals surface area contributed by atoms with Gasteiger partial charge in [0.25, 0.3) is 5.91 Å². The molecule has 1 spiro atoms. The zero-order chi connectivity index (χ0) is 23.7. The molecule has 5 rings (SSSR count). The summed E-state index contributed by atoms with van der Waals surface area (Å²) >= 11 is 7.10. The van der Waals surface area contributed by atoms with Crippen LogP contribution < -0.4 is 5.32 Å². The van der Waals surface area contributed by atoms with Crippen LogP contribution >= 0.6 is 31.9 Å². The lowest BCUT2D eigenvalue weighted by Gasteiger charge is -2.43. The molecule has 2 aliphatic heterocycles. The summed E-state index contributed by atoms with van der Waals surface area (Å²) in [6.45, 7) is 7.37. The van der Waals surface area contributed by atoms with Gasteiger partial charge in [0.05, 0.1) is 12.0 Å². The molecule has 0 unspecified atom stereocenters. The van der Waals surface area contributed by atoms with Gasteiger partial charge in [-0.2, -0.15) is 5.10 Å². The van der Waals surface area contributed by atoms with Crippen molar-refractivity contribution >= 4 is 55.1 Å². The van der Waals surface area contributed by atoms with E-state index in [0.29, 0.717) is 37.2 Å². The lowest BCUT2D eigenvalue weighted by Crippen LogP contribution is -2.46. The largest absolute Gasteiger partial charge is 0.339 e. The van der Waals surface area contributed by atoms with Crippen LogP contribution in [0.2, 0.25) is 0 Å². The standard InChI is InChI=1S/C24H26Br2N4O3/c1-23(2,3)30-20-15(21(26)28-30)11-24(12-18(20)31)4-6-29(7-5-24)22(33)13-8-16(25)14-10-19(32)27-17(14)9-13/h8-9H,4-7,10-12H2,1-3H3,(H,27,32). The second kappa shape index (κ2) is 7.77. The molecule has 7 nitrogen and oxygen atoms in total. The first kappa shape index (κ1) is 22.8. The van der Waals surface area contributed by atoms with Gasteiger partial charge in [0.1, 0.15) is 10.3 Å². The summed E-state index contributed by atoms with van der Waals surface area (Å²) in [5.74, 6) is 0.0407. The van der Waals surface area contributed by atoms with Crippen molar-refractivity contribution in [3.63, 3.8) is 0 Å². The minimum Gasteiger partial charge on any atom is -0.339 e. The molecule has 1 aromatic heterocycles. The molecule has 1 aliphatic carbocycles. The average Bonchev–Trinajstić information content (AvgIpc) is 3.28. The third-order valence-corrected chi connectivity index (χ3v) is 8.43. The highest BCUT2D eigenvalue weighted by Crippen LogP contribution is 2.46. The number of fused-ring (bicyclic) bond motifs is 2. The Morgan fingerprint density at radius 3 is 2.45 bits per heavy atom. The minimum atomic E-state index is -0.268. The second-order valence-electron chi connectivity index (χ2n) is 10.5. The molecule has 33 heavy (non-hydrogen) atoms. The van der Waals surface area contributed by atoms with E-state index in [2.05, 4.69) is 63.0 Å². The number of piperidine rings is 1. The Balaban J connectivity index is 1.34. The Morgan fingerprint density at radius 2 is 1.79 bits per heavy atom. The van der Waals surface area contributed by atoms with E-state index in [1.165, 1.54) is 0 Å². The summed E-state index contributed by atoms with van der Waals surface area (Å²) in [4.78, 5) is 40.1. The van der Waals surface area contributed by atoms with Gasteiger partial charge in [0.2, 0.25) is 5.91 Å². The number of ketones is 1. The first-order valence-electron chi connectivity index (χ1n) is 11.2. The number of likely N-dealkylation sites (tertiary alicyclic amines) is 1. The maximum absolute atomic E-state index is 13.2. The highest BCUT2D eigenvalue weighted by molar-refractivity contribution is 9.10. The van der Waals surface area contributed by atoms with Gasteiger partial charge < -0.3 is 10.2 Å². The molecular weight excluding hydrogens is 552 g/mol. The summed E-state index contributed by atoms with van der Waals surface area (Å²) in [5.41, 5.74) is 3.49. The van der Waals surface area contributed by atoms with Crippen molar-refractivity contribution in [2.45, 2.75) is 58.4 Å². The number of carbonyl (C=O) groups excluding carboxylic acids is 3. The molecule has 1 aromatic carbocycles. The first-order chi connectivity index (χ1) is 15.5. The minimum absolute atomic E-state index is 0.0425. The van der Waals surface area contributed by atoms with Crippen molar-refractivity contribution in [1.82, 2.24) is 14.7 Å². The van der Waals surface area contributed by atoms with Gasteiger partial charge >= 0.3 is 0 Å². The van der Waals surface area contributed by atoms with Crippen molar-refractivity contribution in [3.05, 3.63) is 43.6 Å². The van der Waals surface area contributed by atoms with Gasteiger partial charge in [-0.15, -0.1) is 0 Å². The molecular formula is C24H26Br2N4O3.